The van der Waals surface area contributed by atoms with Gasteiger partial charge in [0.1, 0.15) is 6.61 Å². The van der Waals surface area contributed by atoms with Crippen LogP contribution >= 0.6 is 0 Å². The summed E-state index contributed by atoms with van der Waals surface area (Å²) in [7, 11) is 0. The molecule has 0 radical (unpaired) electrons. The Labute approximate surface area is 148 Å². The molecule has 134 valence electrons. The maximum atomic E-state index is 9.04. The molecule has 0 aliphatic heterocycles. The molecule has 0 saturated heterocycles. The molecule has 0 spiro atoms. The summed E-state index contributed by atoms with van der Waals surface area (Å²) in [6.07, 6.45) is 11.8. The molecular weight excluding hydrogens is 296 g/mol. The van der Waals surface area contributed by atoms with Crippen LogP contribution < -0.4 is 0 Å². The molecule has 1 atom stereocenters. The SMILES string of the molecule is CCCCCCCCCCC#CCO[C@@H](C)c1ccc(CO)cc1. The molecule has 0 unspecified atom stereocenters. The van der Waals surface area contributed by atoms with Gasteiger partial charge in [-0.25, -0.2) is 0 Å². The average Bonchev–Trinajstić information content (AvgIpc) is 2.62. The Morgan fingerprint density at radius 3 is 2.17 bits per heavy atom. The van der Waals surface area contributed by atoms with Crippen molar-refractivity contribution < 1.29 is 9.84 Å². The van der Waals surface area contributed by atoms with E-state index in [0.717, 1.165) is 17.5 Å². The molecule has 0 heterocycles. The van der Waals surface area contributed by atoms with Crippen molar-refractivity contribution >= 4 is 0 Å². The van der Waals surface area contributed by atoms with E-state index in [-0.39, 0.29) is 12.7 Å². The highest BCUT2D eigenvalue weighted by Gasteiger charge is 2.04. The molecule has 0 bridgehead atoms. The summed E-state index contributed by atoms with van der Waals surface area (Å²) in [4.78, 5) is 0. The van der Waals surface area contributed by atoms with Gasteiger partial charge in [-0.3, -0.25) is 0 Å². The minimum absolute atomic E-state index is 0.0372. The first kappa shape index (κ1) is 20.7. The Balaban J connectivity index is 2.03. The van der Waals surface area contributed by atoms with Crippen LogP contribution in [0.1, 0.15) is 88.9 Å². The quantitative estimate of drug-likeness (QED) is 0.388. The lowest BCUT2D eigenvalue weighted by molar-refractivity contribution is 0.0925. The molecule has 0 saturated carbocycles. The van der Waals surface area contributed by atoms with Crippen molar-refractivity contribution in [3.63, 3.8) is 0 Å². The lowest BCUT2D eigenvalue weighted by Gasteiger charge is -2.11. The summed E-state index contributed by atoms with van der Waals surface area (Å²) in [5.41, 5.74) is 2.05. The van der Waals surface area contributed by atoms with Gasteiger partial charge in [0.2, 0.25) is 0 Å². The smallest absolute Gasteiger partial charge is 0.108 e. The van der Waals surface area contributed by atoms with Crippen LogP contribution in [0.3, 0.4) is 0 Å². The normalized spacial score (nSPS) is 11.8. The van der Waals surface area contributed by atoms with Gasteiger partial charge < -0.3 is 9.84 Å². The third-order valence-electron chi connectivity index (χ3n) is 4.32. The Hall–Kier alpha value is -1.30. The van der Waals surface area contributed by atoms with E-state index in [9.17, 15) is 0 Å². The van der Waals surface area contributed by atoms with Gasteiger partial charge in [0.25, 0.3) is 0 Å². The van der Waals surface area contributed by atoms with E-state index < -0.39 is 0 Å². The highest BCUT2D eigenvalue weighted by atomic mass is 16.5. The highest BCUT2D eigenvalue weighted by molar-refractivity contribution is 5.23. The monoisotopic (exact) mass is 330 g/mol. The first-order valence-corrected chi connectivity index (χ1v) is 9.55. The van der Waals surface area contributed by atoms with E-state index >= 15 is 0 Å². The zero-order valence-corrected chi connectivity index (χ0v) is 15.5. The third kappa shape index (κ3) is 9.75. The summed E-state index contributed by atoms with van der Waals surface area (Å²) in [5, 5.41) is 9.04. The van der Waals surface area contributed by atoms with Crippen LogP contribution in [-0.2, 0) is 11.3 Å². The molecule has 2 nitrogen and oxygen atoms in total. The fourth-order valence-electron chi connectivity index (χ4n) is 2.64. The van der Waals surface area contributed by atoms with Gasteiger partial charge in [-0.15, -0.1) is 5.92 Å². The number of hydrogen-bond donors (Lipinski definition) is 1. The second-order valence-corrected chi connectivity index (χ2v) is 6.43. The van der Waals surface area contributed by atoms with Gasteiger partial charge in [-0.05, 0) is 24.5 Å². The van der Waals surface area contributed by atoms with Crippen LogP contribution in [0.25, 0.3) is 0 Å². The molecule has 0 fully saturated rings. The molecule has 1 rings (SSSR count). The Kier molecular flexibility index (Phi) is 12.2. The average molecular weight is 331 g/mol. The number of hydrogen-bond acceptors (Lipinski definition) is 2. The maximum Gasteiger partial charge on any atom is 0.108 e. The lowest BCUT2D eigenvalue weighted by atomic mass is 10.1. The summed E-state index contributed by atoms with van der Waals surface area (Å²) < 4.78 is 5.75. The maximum absolute atomic E-state index is 9.04. The molecule has 1 aromatic carbocycles. The van der Waals surface area contributed by atoms with E-state index in [1.165, 1.54) is 51.4 Å². The molecule has 0 aliphatic rings. The summed E-state index contributed by atoms with van der Waals surface area (Å²) >= 11 is 0. The Morgan fingerprint density at radius 2 is 1.54 bits per heavy atom. The number of benzene rings is 1. The number of unbranched alkanes of at least 4 members (excludes halogenated alkanes) is 8. The van der Waals surface area contributed by atoms with Gasteiger partial charge in [0.15, 0.2) is 0 Å². The zero-order valence-electron chi connectivity index (χ0n) is 15.5. The fraction of sp³-hybridized carbons (Fsp3) is 0.636. The second-order valence-electron chi connectivity index (χ2n) is 6.43. The summed E-state index contributed by atoms with van der Waals surface area (Å²) in [6, 6.07) is 7.88. The number of ether oxygens (including phenoxy) is 1. The molecule has 1 N–H and O–H groups in total. The topological polar surface area (TPSA) is 29.5 Å². The van der Waals surface area contributed by atoms with Crippen molar-refractivity contribution in [3.8, 4) is 11.8 Å². The van der Waals surface area contributed by atoms with Gasteiger partial charge >= 0.3 is 0 Å². The van der Waals surface area contributed by atoms with Crippen molar-refractivity contribution in [3.05, 3.63) is 35.4 Å². The van der Waals surface area contributed by atoms with E-state index in [1.807, 2.05) is 31.2 Å². The van der Waals surface area contributed by atoms with Crippen molar-refractivity contribution in [2.75, 3.05) is 6.61 Å². The summed E-state index contributed by atoms with van der Waals surface area (Å²) in [5.74, 6) is 6.33. The predicted molar refractivity (Wildman–Crippen MR) is 102 cm³/mol. The van der Waals surface area contributed by atoms with Crippen molar-refractivity contribution in [2.45, 2.75) is 84.3 Å². The molecule has 1 aromatic rings. The largest absolute Gasteiger partial charge is 0.392 e. The van der Waals surface area contributed by atoms with Crippen molar-refractivity contribution in [1.82, 2.24) is 0 Å². The van der Waals surface area contributed by atoms with Crippen LogP contribution in [0.2, 0.25) is 0 Å². The number of rotatable bonds is 12. The van der Waals surface area contributed by atoms with Crippen LogP contribution in [0.4, 0.5) is 0 Å². The minimum Gasteiger partial charge on any atom is -0.392 e. The standard InChI is InChI=1S/C22H34O2/c1-3-4-5-6-7-8-9-10-11-12-13-18-24-20(2)22-16-14-21(19-23)15-17-22/h14-17,20,23H,3-11,18-19H2,1-2H3/t20-/m0/s1. The Bertz CT molecular complexity index is 467. The van der Waals surface area contributed by atoms with Crippen LogP contribution in [0, 0.1) is 11.8 Å². The minimum atomic E-state index is 0.0372. The first-order valence-electron chi connectivity index (χ1n) is 9.55. The third-order valence-corrected chi connectivity index (χ3v) is 4.32. The number of aliphatic hydroxyl groups excluding tert-OH is 1. The Morgan fingerprint density at radius 1 is 0.917 bits per heavy atom. The van der Waals surface area contributed by atoms with Crippen molar-refractivity contribution in [1.29, 1.82) is 0 Å². The fourth-order valence-corrected chi connectivity index (χ4v) is 2.64. The van der Waals surface area contributed by atoms with Gasteiger partial charge in [-0.1, -0.05) is 82.1 Å². The lowest BCUT2D eigenvalue weighted by Crippen LogP contribution is -2.00. The van der Waals surface area contributed by atoms with Crippen LogP contribution in [0.5, 0.6) is 0 Å². The van der Waals surface area contributed by atoms with Gasteiger partial charge in [0, 0.05) is 6.42 Å². The van der Waals surface area contributed by atoms with Crippen molar-refractivity contribution in [2.24, 2.45) is 0 Å². The first-order chi connectivity index (χ1) is 11.8. The highest BCUT2D eigenvalue weighted by Crippen LogP contribution is 2.17. The van der Waals surface area contributed by atoms with Crippen LogP contribution in [-0.4, -0.2) is 11.7 Å². The van der Waals surface area contributed by atoms with E-state index in [2.05, 4.69) is 18.8 Å². The second kappa shape index (κ2) is 14.1. The molecular formula is C22H34O2. The van der Waals surface area contributed by atoms with Crippen LogP contribution in [0.15, 0.2) is 24.3 Å². The van der Waals surface area contributed by atoms with E-state index in [4.69, 9.17) is 9.84 Å². The van der Waals surface area contributed by atoms with E-state index in [1.54, 1.807) is 0 Å². The number of aliphatic hydroxyl groups is 1. The molecule has 0 amide bonds. The summed E-state index contributed by atoms with van der Waals surface area (Å²) in [6.45, 7) is 4.86. The predicted octanol–water partition coefficient (Wildman–Crippen LogP) is 5.79. The van der Waals surface area contributed by atoms with Gasteiger partial charge in [0.05, 0.1) is 12.7 Å². The molecule has 0 aromatic heterocycles. The molecule has 0 aliphatic carbocycles. The molecule has 2 heteroatoms. The van der Waals surface area contributed by atoms with E-state index in [0.29, 0.717) is 6.61 Å². The molecule has 24 heavy (non-hydrogen) atoms. The zero-order chi connectivity index (χ0) is 17.5. The van der Waals surface area contributed by atoms with Gasteiger partial charge in [-0.2, -0.15) is 0 Å².